The Bertz CT molecular complexity index is 1060. The Morgan fingerprint density at radius 2 is 1.55 bits per heavy atom. The van der Waals surface area contributed by atoms with Gasteiger partial charge in [0.15, 0.2) is 0 Å². The SMILES string of the molecule is COc1cc(OC)cc(C(=O)O[C@H](C(=O)Nc2ccc(C)c(Cl)c2)c2ccccc2)c1. The Balaban J connectivity index is 1.88. The van der Waals surface area contributed by atoms with Gasteiger partial charge >= 0.3 is 5.97 Å². The largest absolute Gasteiger partial charge is 0.497 e. The van der Waals surface area contributed by atoms with Crippen molar-refractivity contribution in [1.82, 2.24) is 0 Å². The molecule has 0 aliphatic heterocycles. The summed E-state index contributed by atoms with van der Waals surface area (Å²) < 4.78 is 16.0. The first kappa shape index (κ1) is 22.2. The van der Waals surface area contributed by atoms with Crippen LogP contribution in [0.2, 0.25) is 5.02 Å². The number of carbonyl (C=O) groups is 2. The van der Waals surface area contributed by atoms with Gasteiger partial charge in [-0.05, 0) is 36.8 Å². The minimum Gasteiger partial charge on any atom is -0.497 e. The Labute approximate surface area is 185 Å². The van der Waals surface area contributed by atoms with Crippen molar-refractivity contribution in [1.29, 1.82) is 0 Å². The van der Waals surface area contributed by atoms with Crippen molar-refractivity contribution >= 4 is 29.2 Å². The van der Waals surface area contributed by atoms with Gasteiger partial charge < -0.3 is 19.5 Å². The maximum Gasteiger partial charge on any atom is 0.339 e. The molecule has 0 aromatic heterocycles. The lowest BCUT2D eigenvalue weighted by atomic mass is 10.1. The molecule has 1 atom stereocenters. The van der Waals surface area contributed by atoms with E-state index in [1.54, 1.807) is 48.5 Å². The van der Waals surface area contributed by atoms with Crippen LogP contribution in [0.4, 0.5) is 5.69 Å². The van der Waals surface area contributed by atoms with Crippen molar-refractivity contribution in [2.24, 2.45) is 0 Å². The number of hydrogen-bond acceptors (Lipinski definition) is 5. The normalized spacial score (nSPS) is 11.4. The van der Waals surface area contributed by atoms with Gasteiger partial charge in [-0.1, -0.05) is 48.0 Å². The van der Waals surface area contributed by atoms with Gasteiger partial charge in [-0.2, -0.15) is 0 Å². The smallest absolute Gasteiger partial charge is 0.339 e. The van der Waals surface area contributed by atoms with E-state index in [0.717, 1.165) is 5.56 Å². The fourth-order valence-corrected chi connectivity index (χ4v) is 3.06. The maximum atomic E-state index is 13.0. The molecule has 3 aromatic carbocycles. The van der Waals surface area contributed by atoms with Gasteiger partial charge in [0, 0.05) is 22.3 Å². The molecule has 0 fully saturated rings. The Morgan fingerprint density at radius 3 is 2.13 bits per heavy atom. The quantitative estimate of drug-likeness (QED) is 0.512. The zero-order valence-corrected chi connectivity index (χ0v) is 18.1. The number of rotatable bonds is 7. The number of anilines is 1. The second kappa shape index (κ2) is 10.00. The van der Waals surface area contributed by atoms with Crippen LogP contribution in [0, 0.1) is 6.92 Å². The number of methoxy groups -OCH3 is 2. The van der Waals surface area contributed by atoms with Gasteiger partial charge in [-0.15, -0.1) is 0 Å². The summed E-state index contributed by atoms with van der Waals surface area (Å²) in [4.78, 5) is 25.9. The van der Waals surface area contributed by atoms with Crippen molar-refractivity contribution in [3.8, 4) is 11.5 Å². The van der Waals surface area contributed by atoms with Crippen LogP contribution in [-0.4, -0.2) is 26.1 Å². The summed E-state index contributed by atoms with van der Waals surface area (Å²) in [5, 5.41) is 3.28. The molecule has 0 bridgehead atoms. The van der Waals surface area contributed by atoms with Gasteiger partial charge in [-0.25, -0.2) is 4.79 Å². The number of ether oxygens (including phenoxy) is 3. The highest BCUT2D eigenvalue weighted by atomic mass is 35.5. The highest BCUT2D eigenvalue weighted by molar-refractivity contribution is 6.31. The maximum absolute atomic E-state index is 13.0. The summed E-state index contributed by atoms with van der Waals surface area (Å²) in [5.41, 5.74) is 2.11. The molecule has 1 N–H and O–H groups in total. The molecule has 0 aliphatic rings. The van der Waals surface area contributed by atoms with E-state index in [-0.39, 0.29) is 5.56 Å². The lowest BCUT2D eigenvalue weighted by Gasteiger charge is -2.19. The van der Waals surface area contributed by atoms with E-state index in [0.29, 0.717) is 27.8 Å². The lowest BCUT2D eigenvalue weighted by molar-refractivity contribution is -0.125. The lowest BCUT2D eigenvalue weighted by Crippen LogP contribution is -2.26. The zero-order valence-electron chi connectivity index (χ0n) is 17.3. The molecular formula is C24H22ClNO5. The van der Waals surface area contributed by atoms with Crippen molar-refractivity contribution in [2.75, 3.05) is 19.5 Å². The summed E-state index contributed by atoms with van der Waals surface area (Å²) in [6.07, 6.45) is -1.18. The minimum atomic E-state index is -1.18. The number of nitrogens with one attached hydrogen (secondary N) is 1. The first-order valence-corrected chi connectivity index (χ1v) is 9.85. The van der Waals surface area contributed by atoms with E-state index >= 15 is 0 Å². The third-order valence-corrected chi connectivity index (χ3v) is 5.00. The minimum absolute atomic E-state index is 0.198. The van der Waals surface area contributed by atoms with Crippen LogP contribution in [0.15, 0.2) is 66.7 Å². The predicted molar refractivity (Wildman–Crippen MR) is 119 cm³/mol. The fourth-order valence-electron chi connectivity index (χ4n) is 2.88. The van der Waals surface area contributed by atoms with Crippen molar-refractivity contribution in [3.05, 3.63) is 88.4 Å². The molecule has 6 nitrogen and oxygen atoms in total. The Hall–Kier alpha value is -3.51. The second-order valence-corrected chi connectivity index (χ2v) is 7.16. The van der Waals surface area contributed by atoms with Crippen molar-refractivity contribution < 1.29 is 23.8 Å². The van der Waals surface area contributed by atoms with Gasteiger partial charge in [0.05, 0.1) is 19.8 Å². The molecule has 0 heterocycles. The monoisotopic (exact) mass is 439 g/mol. The molecule has 3 rings (SSSR count). The van der Waals surface area contributed by atoms with Crippen LogP contribution in [0.1, 0.15) is 27.6 Å². The molecule has 0 aliphatic carbocycles. The molecule has 3 aromatic rings. The van der Waals surface area contributed by atoms with Crippen LogP contribution >= 0.6 is 11.6 Å². The molecule has 0 saturated heterocycles. The fraction of sp³-hybridized carbons (Fsp3) is 0.167. The molecular weight excluding hydrogens is 418 g/mol. The van der Waals surface area contributed by atoms with Crippen LogP contribution < -0.4 is 14.8 Å². The van der Waals surface area contributed by atoms with Crippen LogP contribution in [0.5, 0.6) is 11.5 Å². The van der Waals surface area contributed by atoms with Gasteiger partial charge in [0.1, 0.15) is 11.5 Å². The van der Waals surface area contributed by atoms with E-state index in [1.807, 2.05) is 13.0 Å². The van der Waals surface area contributed by atoms with Crippen LogP contribution in [-0.2, 0) is 9.53 Å². The summed E-state index contributed by atoms with van der Waals surface area (Å²) in [6.45, 7) is 1.87. The third-order valence-electron chi connectivity index (χ3n) is 4.59. The molecule has 0 saturated carbocycles. The van der Waals surface area contributed by atoms with E-state index in [2.05, 4.69) is 5.32 Å². The van der Waals surface area contributed by atoms with Gasteiger partial charge in [0.2, 0.25) is 6.10 Å². The summed E-state index contributed by atoms with van der Waals surface area (Å²) >= 11 is 6.15. The molecule has 1 amide bonds. The summed E-state index contributed by atoms with van der Waals surface area (Å²) in [5.74, 6) is -0.333. The number of benzene rings is 3. The third kappa shape index (κ3) is 5.55. The van der Waals surface area contributed by atoms with Crippen molar-refractivity contribution in [2.45, 2.75) is 13.0 Å². The first-order chi connectivity index (χ1) is 14.9. The molecule has 31 heavy (non-hydrogen) atoms. The van der Waals surface area contributed by atoms with E-state index in [1.165, 1.54) is 26.4 Å². The van der Waals surface area contributed by atoms with E-state index in [9.17, 15) is 9.59 Å². The van der Waals surface area contributed by atoms with Gasteiger partial charge in [0.25, 0.3) is 5.91 Å². The Kier molecular flexibility index (Phi) is 7.15. The van der Waals surface area contributed by atoms with E-state index in [4.69, 9.17) is 25.8 Å². The highest BCUT2D eigenvalue weighted by Gasteiger charge is 2.26. The number of halogens is 1. The molecule has 7 heteroatoms. The molecule has 0 radical (unpaired) electrons. The van der Waals surface area contributed by atoms with Crippen LogP contribution in [0.3, 0.4) is 0 Å². The van der Waals surface area contributed by atoms with Gasteiger partial charge in [-0.3, -0.25) is 4.79 Å². The number of carbonyl (C=O) groups excluding carboxylic acids is 2. The number of amides is 1. The summed E-state index contributed by atoms with van der Waals surface area (Å²) in [7, 11) is 2.97. The van der Waals surface area contributed by atoms with Crippen LogP contribution in [0.25, 0.3) is 0 Å². The first-order valence-electron chi connectivity index (χ1n) is 9.47. The number of esters is 1. The molecule has 0 spiro atoms. The summed E-state index contributed by atoms with van der Waals surface area (Å²) in [6, 6.07) is 18.6. The number of hydrogen-bond donors (Lipinski definition) is 1. The topological polar surface area (TPSA) is 73.9 Å². The highest BCUT2D eigenvalue weighted by Crippen LogP contribution is 2.27. The Morgan fingerprint density at radius 1 is 0.903 bits per heavy atom. The predicted octanol–water partition coefficient (Wildman–Crippen LogP) is 5.20. The van der Waals surface area contributed by atoms with Crippen molar-refractivity contribution in [3.63, 3.8) is 0 Å². The average Bonchev–Trinajstić information content (AvgIpc) is 2.79. The standard InChI is InChI=1S/C24H22ClNO5/c1-15-9-10-18(13-21(15)25)26-23(27)22(16-7-5-4-6-8-16)31-24(28)17-11-19(29-2)14-20(12-17)30-3/h4-14,22H,1-3H3,(H,26,27)/t22-/m0/s1. The number of aryl methyl sites for hydroxylation is 1. The van der Waals surface area contributed by atoms with E-state index < -0.39 is 18.0 Å². The molecule has 0 unspecified atom stereocenters. The average molecular weight is 440 g/mol. The molecule has 160 valence electrons. The second-order valence-electron chi connectivity index (χ2n) is 6.75. The zero-order chi connectivity index (χ0) is 22.4.